The first-order valence-corrected chi connectivity index (χ1v) is 6.02. The number of carbonyl (C=O) groups excluding carboxylic acids is 1. The van der Waals surface area contributed by atoms with Gasteiger partial charge in [0, 0.05) is 6.04 Å². The second-order valence-electron chi connectivity index (χ2n) is 5.22. The number of nitrogens with two attached hydrogens (primary N) is 1. The van der Waals surface area contributed by atoms with Crippen LogP contribution in [-0.4, -0.2) is 30.8 Å². The van der Waals surface area contributed by atoms with Crippen LogP contribution in [0.2, 0.25) is 0 Å². The van der Waals surface area contributed by atoms with E-state index < -0.39 is 30.7 Å². The van der Waals surface area contributed by atoms with Crippen LogP contribution < -0.4 is 11.1 Å². The molecule has 0 saturated heterocycles. The number of rotatable bonds is 4. The Morgan fingerprint density at radius 2 is 1.94 bits per heavy atom. The Morgan fingerprint density at radius 1 is 1.33 bits per heavy atom. The average molecular weight is 268 g/mol. The summed E-state index contributed by atoms with van der Waals surface area (Å²) in [6, 6.07) is -0.330. The van der Waals surface area contributed by atoms with E-state index in [4.69, 9.17) is 5.73 Å². The molecule has 0 aromatic carbocycles. The predicted molar refractivity (Wildman–Crippen MR) is 56.3 cm³/mol. The lowest BCUT2D eigenvalue weighted by molar-refractivity contribution is -0.140. The maximum absolute atomic E-state index is 12.7. The number of hydrogen-bond acceptors (Lipinski definition) is 2. The summed E-state index contributed by atoms with van der Waals surface area (Å²) < 4.78 is 49.2. The summed E-state index contributed by atoms with van der Waals surface area (Å²) in [4.78, 5) is 11.7. The SMILES string of the molecule is NC1C2CCC(C2)C1C(=O)NCC(F)(F)C(F)F. The van der Waals surface area contributed by atoms with Crippen molar-refractivity contribution in [3.8, 4) is 0 Å². The molecule has 3 N–H and O–H groups in total. The number of halogens is 4. The van der Waals surface area contributed by atoms with Gasteiger partial charge in [0.15, 0.2) is 0 Å². The summed E-state index contributed by atoms with van der Waals surface area (Å²) in [7, 11) is 0. The van der Waals surface area contributed by atoms with Crippen molar-refractivity contribution < 1.29 is 22.4 Å². The van der Waals surface area contributed by atoms with E-state index >= 15 is 0 Å². The molecule has 0 aromatic heterocycles. The molecule has 2 saturated carbocycles. The summed E-state index contributed by atoms with van der Waals surface area (Å²) in [5, 5.41) is 1.91. The summed E-state index contributed by atoms with van der Waals surface area (Å²) in [6.45, 7) is -1.33. The Balaban J connectivity index is 1.89. The zero-order chi connectivity index (χ0) is 13.5. The molecule has 0 spiro atoms. The fourth-order valence-corrected chi connectivity index (χ4v) is 3.12. The van der Waals surface area contributed by atoms with Gasteiger partial charge in [-0.3, -0.25) is 4.79 Å². The van der Waals surface area contributed by atoms with Crippen molar-refractivity contribution in [1.29, 1.82) is 0 Å². The van der Waals surface area contributed by atoms with E-state index in [2.05, 4.69) is 0 Å². The average Bonchev–Trinajstić information content (AvgIpc) is 2.86. The Morgan fingerprint density at radius 3 is 2.44 bits per heavy atom. The lowest BCUT2D eigenvalue weighted by atomic mass is 9.84. The zero-order valence-electron chi connectivity index (χ0n) is 9.71. The fraction of sp³-hybridized carbons (Fsp3) is 0.909. The molecule has 7 heteroatoms. The number of nitrogens with one attached hydrogen (secondary N) is 1. The first-order valence-electron chi connectivity index (χ1n) is 6.02. The van der Waals surface area contributed by atoms with Gasteiger partial charge in [0.1, 0.15) is 0 Å². The summed E-state index contributed by atoms with van der Waals surface area (Å²) >= 11 is 0. The minimum atomic E-state index is -4.18. The third-order valence-corrected chi connectivity index (χ3v) is 4.10. The molecule has 1 amide bonds. The van der Waals surface area contributed by atoms with Gasteiger partial charge >= 0.3 is 12.3 Å². The number of amides is 1. The summed E-state index contributed by atoms with van der Waals surface area (Å²) in [5.74, 6) is -4.92. The molecule has 4 atom stereocenters. The highest BCUT2D eigenvalue weighted by atomic mass is 19.3. The highest BCUT2D eigenvalue weighted by Gasteiger charge is 2.50. The van der Waals surface area contributed by atoms with Crippen LogP contribution in [0.5, 0.6) is 0 Å². The highest BCUT2D eigenvalue weighted by Crippen LogP contribution is 2.47. The van der Waals surface area contributed by atoms with Gasteiger partial charge in [-0.2, -0.15) is 8.78 Å². The molecule has 2 rings (SSSR count). The second kappa shape index (κ2) is 4.68. The van der Waals surface area contributed by atoms with E-state index in [1.807, 2.05) is 5.32 Å². The van der Waals surface area contributed by atoms with Crippen LogP contribution in [0.25, 0.3) is 0 Å². The van der Waals surface area contributed by atoms with Crippen LogP contribution in [0.4, 0.5) is 17.6 Å². The van der Waals surface area contributed by atoms with Crippen molar-refractivity contribution in [3.63, 3.8) is 0 Å². The van der Waals surface area contributed by atoms with Gasteiger partial charge in [-0.05, 0) is 31.1 Å². The van der Waals surface area contributed by atoms with Gasteiger partial charge in [0.25, 0.3) is 0 Å². The lowest BCUT2D eigenvalue weighted by Gasteiger charge is -2.27. The quantitative estimate of drug-likeness (QED) is 0.757. The molecular weight excluding hydrogens is 252 g/mol. The predicted octanol–water partition coefficient (Wildman–Crippen LogP) is 1.38. The molecule has 0 radical (unpaired) electrons. The van der Waals surface area contributed by atoms with Gasteiger partial charge in [0.05, 0.1) is 12.5 Å². The van der Waals surface area contributed by atoms with Gasteiger partial charge in [-0.15, -0.1) is 0 Å². The Hall–Kier alpha value is -0.850. The molecule has 18 heavy (non-hydrogen) atoms. The smallest absolute Gasteiger partial charge is 0.324 e. The molecule has 0 aromatic rings. The Kier molecular flexibility index (Phi) is 3.53. The number of alkyl halides is 4. The van der Waals surface area contributed by atoms with Crippen LogP contribution >= 0.6 is 0 Å². The third kappa shape index (κ3) is 2.32. The first-order chi connectivity index (χ1) is 8.33. The molecule has 4 unspecified atom stereocenters. The van der Waals surface area contributed by atoms with Crippen LogP contribution in [-0.2, 0) is 4.79 Å². The standard InChI is InChI=1S/C11H16F4N2O/c12-10(13)11(14,15)4-17-9(18)7-5-1-2-6(3-5)8(7)16/h5-8,10H,1-4,16H2,(H,17,18). The zero-order valence-corrected chi connectivity index (χ0v) is 9.71. The van der Waals surface area contributed by atoms with Gasteiger partial charge in [-0.1, -0.05) is 0 Å². The molecule has 2 aliphatic carbocycles. The number of fused-ring (bicyclic) bond motifs is 2. The van der Waals surface area contributed by atoms with Crippen LogP contribution in [0.15, 0.2) is 0 Å². The molecular formula is C11H16F4N2O. The molecule has 0 heterocycles. The Labute approximate surface area is 102 Å². The largest absolute Gasteiger partial charge is 0.350 e. The topological polar surface area (TPSA) is 55.1 Å². The minimum absolute atomic E-state index is 0.116. The fourth-order valence-electron chi connectivity index (χ4n) is 3.12. The van der Waals surface area contributed by atoms with E-state index in [9.17, 15) is 22.4 Å². The molecule has 104 valence electrons. The normalized spacial score (nSPS) is 35.2. The second-order valence-corrected chi connectivity index (χ2v) is 5.22. The van der Waals surface area contributed by atoms with Crippen LogP contribution in [0.1, 0.15) is 19.3 Å². The van der Waals surface area contributed by atoms with Gasteiger partial charge in [-0.25, -0.2) is 8.78 Å². The van der Waals surface area contributed by atoms with Crippen molar-refractivity contribution in [1.82, 2.24) is 5.32 Å². The summed E-state index contributed by atoms with van der Waals surface area (Å²) in [5.41, 5.74) is 5.87. The Bertz CT molecular complexity index is 335. The van der Waals surface area contributed by atoms with Crippen molar-refractivity contribution in [3.05, 3.63) is 0 Å². The van der Waals surface area contributed by atoms with Crippen molar-refractivity contribution >= 4 is 5.91 Å². The van der Waals surface area contributed by atoms with Gasteiger partial charge < -0.3 is 11.1 Å². The number of carbonyl (C=O) groups is 1. The van der Waals surface area contributed by atoms with Crippen LogP contribution in [0.3, 0.4) is 0 Å². The van der Waals surface area contributed by atoms with Crippen molar-refractivity contribution in [2.45, 2.75) is 37.7 Å². The minimum Gasteiger partial charge on any atom is -0.350 e. The first kappa shape index (κ1) is 13.6. The van der Waals surface area contributed by atoms with E-state index in [1.165, 1.54) is 0 Å². The van der Waals surface area contributed by atoms with Crippen molar-refractivity contribution in [2.24, 2.45) is 23.5 Å². The molecule has 2 bridgehead atoms. The maximum atomic E-state index is 12.7. The summed E-state index contributed by atoms with van der Waals surface area (Å²) in [6.07, 6.45) is -1.11. The molecule has 2 fully saturated rings. The van der Waals surface area contributed by atoms with Gasteiger partial charge in [0.2, 0.25) is 5.91 Å². The van der Waals surface area contributed by atoms with E-state index in [-0.39, 0.29) is 17.9 Å². The molecule has 3 nitrogen and oxygen atoms in total. The van der Waals surface area contributed by atoms with E-state index in [0.29, 0.717) is 0 Å². The molecule has 0 aliphatic heterocycles. The van der Waals surface area contributed by atoms with Crippen LogP contribution in [0, 0.1) is 17.8 Å². The van der Waals surface area contributed by atoms with Crippen molar-refractivity contribution in [2.75, 3.05) is 6.54 Å². The molecule has 2 aliphatic rings. The number of hydrogen-bond donors (Lipinski definition) is 2. The van der Waals surface area contributed by atoms with E-state index in [1.54, 1.807) is 0 Å². The third-order valence-electron chi connectivity index (χ3n) is 4.10. The van der Waals surface area contributed by atoms with E-state index in [0.717, 1.165) is 19.3 Å². The maximum Gasteiger partial charge on any atom is 0.324 e. The highest BCUT2D eigenvalue weighted by molar-refractivity contribution is 5.80. The monoisotopic (exact) mass is 268 g/mol. The lowest BCUT2D eigenvalue weighted by Crippen LogP contribution is -2.49.